The summed E-state index contributed by atoms with van der Waals surface area (Å²) in [5.41, 5.74) is 1.32. The summed E-state index contributed by atoms with van der Waals surface area (Å²) in [6.07, 6.45) is 2.74. The highest BCUT2D eigenvalue weighted by atomic mass is 35.5. The fourth-order valence-electron chi connectivity index (χ4n) is 3.84. The van der Waals surface area contributed by atoms with Crippen LogP contribution in [-0.4, -0.2) is 57.6 Å². The lowest BCUT2D eigenvalue weighted by Gasteiger charge is -2.31. The summed E-state index contributed by atoms with van der Waals surface area (Å²) < 4.78 is 31.4. The van der Waals surface area contributed by atoms with Crippen molar-refractivity contribution in [2.24, 2.45) is 0 Å². The minimum atomic E-state index is -3.58. The Labute approximate surface area is 219 Å². The molecule has 2 amide bonds. The lowest BCUT2D eigenvalue weighted by atomic mass is 10.1. The maximum Gasteiger partial charge on any atom is 0.242 e. The number of benzene rings is 2. The molecule has 0 heterocycles. The molecule has 0 fully saturated rings. The number of methoxy groups -OCH3 is 1. The normalized spacial score (nSPS) is 12.0. The van der Waals surface area contributed by atoms with Gasteiger partial charge in [-0.05, 0) is 49.1 Å². The van der Waals surface area contributed by atoms with Crippen LogP contribution in [0.4, 0.5) is 5.69 Å². The quantitative estimate of drug-likeness (QED) is 0.389. The molecule has 36 heavy (non-hydrogen) atoms. The Morgan fingerprint density at radius 3 is 2.39 bits per heavy atom. The molecule has 0 aliphatic carbocycles. The summed E-state index contributed by atoms with van der Waals surface area (Å²) in [5, 5.41) is 3.47. The number of nitrogens with one attached hydrogen (secondary N) is 1. The number of hydrogen-bond donors (Lipinski definition) is 1. The molecule has 10 heteroatoms. The number of amides is 2. The van der Waals surface area contributed by atoms with E-state index in [0.29, 0.717) is 29.4 Å². The van der Waals surface area contributed by atoms with Crippen LogP contribution in [0, 0.1) is 0 Å². The molecule has 2 aromatic rings. The maximum atomic E-state index is 13.4. The first kappa shape index (κ1) is 29.5. The first-order valence-electron chi connectivity index (χ1n) is 12.0. The van der Waals surface area contributed by atoms with Crippen molar-refractivity contribution in [1.29, 1.82) is 0 Å². The zero-order valence-electron chi connectivity index (χ0n) is 21.4. The van der Waals surface area contributed by atoms with Crippen LogP contribution >= 0.6 is 11.6 Å². The van der Waals surface area contributed by atoms with E-state index in [1.807, 2.05) is 26.0 Å². The fourth-order valence-corrected chi connectivity index (χ4v) is 4.92. The summed E-state index contributed by atoms with van der Waals surface area (Å²) in [6, 6.07) is 13.3. The Bertz CT molecular complexity index is 1110. The molecular weight excluding hydrogens is 502 g/mol. The van der Waals surface area contributed by atoms with Gasteiger partial charge in [0.2, 0.25) is 21.8 Å². The van der Waals surface area contributed by atoms with Gasteiger partial charge in [-0.15, -0.1) is 0 Å². The highest BCUT2D eigenvalue weighted by Crippen LogP contribution is 2.24. The molecule has 0 bridgehead atoms. The highest BCUT2D eigenvalue weighted by molar-refractivity contribution is 7.92. The van der Waals surface area contributed by atoms with Gasteiger partial charge >= 0.3 is 0 Å². The standard InChI is InChI=1S/C26H36ClN3O5S/c1-5-16-28-26(32)24(6-2)29(19-20-12-14-21(27)15-13-20)25(31)11-8-17-30(36(4,33)34)22-9-7-10-23(18-22)35-3/h7,9-10,12-15,18,24H,5-6,8,11,16-17,19H2,1-4H3,(H,28,32)/t24-/m0/s1. The highest BCUT2D eigenvalue weighted by Gasteiger charge is 2.28. The van der Waals surface area contributed by atoms with Crippen LogP contribution in [0.5, 0.6) is 5.75 Å². The summed E-state index contributed by atoms with van der Waals surface area (Å²) in [6.45, 7) is 4.73. The molecular formula is C26H36ClN3O5S. The van der Waals surface area contributed by atoms with Crippen molar-refractivity contribution in [1.82, 2.24) is 10.2 Å². The van der Waals surface area contributed by atoms with E-state index in [1.54, 1.807) is 41.3 Å². The summed E-state index contributed by atoms with van der Waals surface area (Å²) in [5.74, 6) is 0.119. The van der Waals surface area contributed by atoms with Crippen LogP contribution in [0.25, 0.3) is 0 Å². The van der Waals surface area contributed by atoms with E-state index in [-0.39, 0.29) is 37.7 Å². The van der Waals surface area contributed by atoms with E-state index in [2.05, 4.69) is 5.32 Å². The maximum absolute atomic E-state index is 13.4. The molecule has 198 valence electrons. The number of rotatable bonds is 14. The van der Waals surface area contributed by atoms with Crippen LogP contribution in [0.15, 0.2) is 48.5 Å². The number of anilines is 1. The number of halogens is 1. The van der Waals surface area contributed by atoms with Gasteiger partial charge in [0, 0.05) is 37.1 Å². The third-order valence-corrected chi connectivity index (χ3v) is 7.14. The lowest BCUT2D eigenvalue weighted by molar-refractivity contribution is -0.141. The number of sulfonamides is 1. The van der Waals surface area contributed by atoms with E-state index < -0.39 is 16.1 Å². The molecule has 1 N–H and O–H groups in total. The molecule has 0 saturated carbocycles. The van der Waals surface area contributed by atoms with Crippen LogP contribution < -0.4 is 14.4 Å². The number of nitrogens with zero attached hydrogens (tertiary/aromatic N) is 2. The van der Waals surface area contributed by atoms with E-state index >= 15 is 0 Å². The second-order valence-corrected chi connectivity index (χ2v) is 10.8. The minimum absolute atomic E-state index is 0.0845. The molecule has 2 aromatic carbocycles. The predicted molar refractivity (Wildman–Crippen MR) is 144 cm³/mol. The van der Waals surface area contributed by atoms with Crippen molar-refractivity contribution in [3.63, 3.8) is 0 Å². The van der Waals surface area contributed by atoms with Gasteiger partial charge < -0.3 is 15.0 Å². The number of ether oxygens (including phenoxy) is 1. The molecule has 8 nitrogen and oxygen atoms in total. The number of carbonyl (C=O) groups excluding carboxylic acids is 2. The molecule has 0 unspecified atom stereocenters. The Morgan fingerprint density at radius 1 is 1.11 bits per heavy atom. The van der Waals surface area contributed by atoms with E-state index in [0.717, 1.165) is 18.2 Å². The Balaban J connectivity index is 2.20. The van der Waals surface area contributed by atoms with Crippen molar-refractivity contribution in [3.05, 3.63) is 59.1 Å². The van der Waals surface area contributed by atoms with Crippen molar-refractivity contribution in [2.45, 2.75) is 52.1 Å². The summed E-state index contributed by atoms with van der Waals surface area (Å²) >= 11 is 6.01. The molecule has 0 spiro atoms. The van der Waals surface area contributed by atoms with Gasteiger partial charge in [0.1, 0.15) is 11.8 Å². The van der Waals surface area contributed by atoms with E-state index in [1.165, 1.54) is 11.4 Å². The minimum Gasteiger partial charge on any atom is -0.497 e. The zero-order chi connectivity index (χ0) is 26.7. The summed E-state index contributed by atoms with van der Waals surface area (Å²) in [7, 11) is -2.07. The second-order valence-electron chi connectivity index (χ2n) is 8.50. The zero-order valence-corrected chi connectivity index (χ0v) is 22.9. The fraction of sp³-hybridized carbons (Fsp3) is 0.462. The first-order valence-corrected chi connectivity index (χ1v) is 14.3. The van der Waals surface area contributed by atoms with Crippen molar-refractivity contribution < 1.29 is 22.7 Å². The van der Waals surface area contributed by atoms with Gasteiger partial charge in [0.15, 0.2) is 0 Å². The molecule has 0 aliphatic heterocycles. The molecule has 2 rings (SSSR count). The molecule has 0 radical (unpaired) electrons. The van der Waals surface area contributed by atoms with Gasteiger partial charge in [-0.1, -0.05) is 43.6 Å². The average molecular weight is 538 g/mol. The van der Waals surface area contributed by atoms with Gasteiger partial charge in [0.05, 0.1) is 19.1 Å². The van der Waals surface area contributed by atoms with E-state index in [9.17, 15) is 18.0 Å². The first-order chi connectivity index (χ1) is 17.1. The smallest absolute Gasteiger partial charge is 0.242 e. The van der Waals surface area contributed by atoms with E-state index in [4.69, 9.17) is 16.3 Å². The topological polar surface area (TPSA) is 96.0 Å². The van der Waals surface area contributed by atoms with Gasteiger partial charge in [-0.2, -0.15) is 0 Å². The van der Waals surface area contributed by atoms with Crippen molar-refractivity contribution in [2.75, 3.05) is 30.8 Å². The summed E-state index contributed by atoms with van der Waals surface area (Å²) in [4.78, 5) is 27.8. The van der Waals surface area contributed by atoms with Gasteiger partial charge in [0.25, 0.3) is 0 Å². The molecule has 1 atom stereocenters. The number of carbonyl (C=O) groups is 2. The van der Waals surface area contributed by atoms with Gasteiger partial charge in [-0.25, -0.2) is 8.42 Å². The largest absolute Gasteiger partial charge is 0.497 e. The predicted octanol–water partition coefficient (Wildman–Crippen LogP) is 4.23. The van der Waals surface area contributed by atoms with Crippen molar-refractivity contribution >= 4 is 39.1 Å². The number of hydrogen-bond acceptors (Lipinski definition) is 5. The van der Waals surface area contributed by atoms with Crippen LogP contribution in [-0.2, 0) is 26.2 Å². The Hall–Kier alpha value is -2.78. The third kappa shape index (κ3) is 8.71. The molecule has 0 saturated heterocycles. The van der Waals surface area contributed by atoms with Crippen molar-refractivity contribution in [3.8, 4) is 5.75 Å². The third-order valence-electron chi connectivity index (χ3n) is 5.69. The molecule has 0 aromatic heterocycles. The molecule has 0 aliphatic rings. The lowest BCUT2D eigenvalue weighted by Crippen LogP contribution is -2.49. The van der Waals surface area contributed by atoms with Gasteiger partial charge in [-0.3, -0.25) is 13.9 Å². The Kier molecular flexibility index (Phi) is 11.5. The van der Waals surface area contributed by atoms with Crippen LogP contribution in [0.1, 0.15) is 45.1 Å². The SMILES string of the molecule is CCCNC(=O)[C@H](CC)N(Cc1ccc(Cl)cc1)C(=O)CCCN(c1cccc(OC)c1)S(C)(=O)=O. The average Bonchev–Trinajstić information content (AvgIpc) is 2.85. The second kappa shape index (κ2) is 14.1. The monoisotopic (exact) mass is 537 g/mol. The van der Waals surface area contributed by atoms with Crippen LogP contribution in [0.2, 0.25) is 5.02 Å². The van der Waals surface area contributed by atoms with Crippen LogP contribution in [0.3, 0.4) is 0 Å². The Morgan fingerprint density at radius 2 is 1.81 bits per heavy atom.